The SMILES string of the molecule is O=C(COCC(=O)NC1CCCc2ccccc21)Nc1cccc(C(F)(F)F)c1. The molecule has 2 aromatic rings. The number of alkyl halides is 3. The Balaban J connectivity index is 1.44. The first-order chi connectivity index (χ1) is 13.8. The normalized spacial score (nSPS) is 16.0. The quantitative estimate of drug-likeness (QED) is 0.766. The number of ether oxygens (including phenoxy) is 1. The van der Waals surface area contributed by atoms with Crippen LogP contribution >= 0.6 is 0 Å². The number of anilines is 1. The maximum Gasteiger partial charge on any atom is 0.416 e. The highest BCUT2D eigenvalue weighted by Gasteiger charge is 2.30. The smallest absolute Gasteiger partial charge is 0.362 e. The Morgan fingerprint density at radius 2 is 1.79 bits per heavy atom. The average Bonchev–Trinajstić information content (AvgIpc) is 2.68. The molecular formula is C21H21F3N2O3. The van der Waals surface area contributed by atoms with Crippen molar-refractivity contribution in [2.75, 3.05) is 18.5 Å². The van der Waals surface area contributed by atoms with Crippen LogP contribution in [0.15, 0.2) is 48.5 Å². The molecule has 0 aromatic heterocycles. The van der Waals surface area contributed by atoms with Gasteiger partial charge in [0.15, 0.2) is 0 Å². The molecule has 1 atom stereocenters. The first-order valence-corrected chi connectivity index (χ1v) is 9.25. The summed E-state index contributed by atoms with van der Waals surface area (Å²) in [6.07, 6.45) is -1.71. The molecule has 1 aliphatic carbocycles. The molecule has 0 heterocycles. The number of halogens is 3. The summed E-state index contributed by atoms with van der Waals surface area (Å²) in [5, 5.41) is 5.23. The van der Waals surface area contributed by atoms with Gasteiger partial charge in [-0.15, -0.1) is 0 Å². The predicted octanol–water partition coefficient (Wildman–Crippen LogP) is 3.85. The summed E-state index contributed by atoms with van der Waals surface area (Å²) >= 11 is 0. The maximum absolute atomic E-state index is 12.7. The minimum absolute atomic E-state index is 0.0108. The monoisotopic (exact) mass is 406 g/mol. The van der Waals surface area contributed by atoms with Crippen LogP contribution in [0.5, 0.6) is 0 Å². The zero-order chi connectivity index (χ0) is 20.9. The fourth-order valence-electron chi connectivity index (χ4n) is 3.35. The van der Waals surface area contributed by atoms with Gasteiger partial charge >= 0.3 is 6.18 Å². The van der Waals surface area contributed by atoms with E-state index in [4.69, 9.17) is 4.74 Å². The number of nitrogens with one attached hydrogen (secondary N) is 2. The Morgan fingerprint density at radius 3 is 2.59 bits per heavy atom. The third-order valence-electron chi connectivity index (χ3n) is 4.64. The van der Waals surface area contributed by atoms with Gasteiger partial charge in [0.1, 0.15) is 13.2 Å². The zero-order valence-electron chi connectivity index (χ0n) is 15.6. The van der Waals surface area contributed by atoms with E-state index in [1.54, 1.807) is 0 Å². The molecule has 29 heavy (non-hydrogen) atoms. The van der Waals surface area contributed by atoms with Gasteiger partial charge < -0.3 is 15.4 Å². The van der Waals surface area contributed by atoms with Gasteiger partial charge in [-0.25, -0.2) is 0 Å². The number of carbonyl (C=O) groups excluding carboxylic acids is 2. The summed E-state index contributed by atoms with van der Waals surface area (Å²) in [4.78, 5) is 24.0. The van der Waals surface area contributed by atoms with Gasteiger partial charge in [0.25, 0.3) is 0 Å². The summed E-state index contributed by atoms with van der Waals surface area (Å²) in [5.41, 5.74) is 1.46. The molecule has 154 valence electrons. The van der Waals surface area contributed by atoms with Crippen LogP contribution in [0.1, 0.15) is 35.6 Å². The number of amides is 2. The molecule has 2 aromatic carbocycles. The van der Waals surface area contributed by atoms with Crippen LogP contribution in [-0.2, 0) is 26.9 Å². The van der Waals surface area contributed by atoms with E-state index in [-0.39, 0.29) is 24.2 Å². The standard InChI is InChI=1S/C21H21F3N2O3/c22-21(23,24)15-7-4-8-16(11-15)25-19(27)12-29-13-20(28)26-18-10-3-6-14-5-1-2-9-17(14)18/h1-2,4-5,7-9,11,18H,3,6,10,12-13H2,(H,25,27)(H,26,28). The molecule has 0 aliphatic heterocycles. The van der Waals surface area contributed by atoms with Crippen molar-refractivity contribution in [3.63, 3.8) is 0 Å². The Hall–Kier alpha value is -2.87. The topological polar surface area (TPSA) is 67.4 Å². The van der Waals surface area contributed by atoms with Crippen molar-refractivity contribution in [2.24, 2.45) is 0 Å². The predicted molar refractivity (Wildman–Crippen MR) is 101 cm³/mol. The Morgan fingerprint density at radius 1 is 1.03 bits per heavy atom. The van der Waals surface area contributed by atoms with Crippen molar-refractivity contribution in [1.82, 2.24) is 5.32 Å². The minimum atomic E-state index is -4.49. The first-order valence-electron chi connectivity index (χ1n) is 9.25. The van der Waals surface area contributed by atoms with Gasteiger partial charge in [-0.3, -0.25) is 9.59 Å². The molecule has 2 N–H and O–H groups in total. The molecule has 1 unspecified atom stereocenters. The molecule has 0 radical (unpaired) electrons. The van der Waals surface area contributed by atoms with Crippen LogP contribution in [0.3, 0.4) is 0 Å². The van der Waals surface area contributed by atoms with Crippen molar-refractivity contribution >= 4 is 17.5 Å². The highest BCUT2D eigenvalue weighted by Crippen LogP contribution is 2.31. The number of benzene rings is 2. The molecule has 2 amide bonds. The average molecular weight is 406 g/mol. The second kappa shape index (κ2) is 9.09. The van der Waals surface area contributed by atoms with E-state index in [9.17, 15) is 22.8 Å². The van der Waals surface area contributed by atoms with Gasteiger partial charge in [-0.2, -0.15) is 13.2 Å². The van der Waals surface area contributed by atoms with E-state index in [0.717, 1.165) is 37.0 Å². The Kier molecular flexibility index (Phi) is 6.53. The van der Waals surface area contributed by atoms with Crippen molar-refractivity contribution in [3.05, 3.63) is 65.2 Å². The van der Waals surface area contributed by atoms with E-state index >= 15 is 0 Å². The highest BCUT2D eigenvalue weighted by atomic mass is 19.4. The van der Waals surface area contributed by atoms with E-state index in [1.807, 2.05) is 24.3 Å². The lowest BCUT2D eigenvalue weighted by Gasteiger charge is -2.26. The molecule has 0 fully saturated rings. The third-order valence-corrected chi connectivity index (χ3v) is 4.64. The first kappa shape index (κ1) is 20.9. The second-order valence-electron chi connectivity index (χ2n) is 6.83. The van der Waals surface area contributed by atoms with Gasteiger partial charge in [-0.05, 0) is 48.6 Å². The molecule has 0 spiro atoms. The fourth-order valence-corrected chi connectivity index (χ4v) is 3.35. The zero-order valence-corrected chi connectivity index (χ0v) is 15.6. The third kappa shape index (κ3) is 5.80. The number of hydrogen-bond acceptors (Lipinski definition) is 3. The molecular weight excluding hydrogens is 385 g/mol. The Labute approximate surface area is 166 Å². The number of hydrogen-bond donors (Lipinski definition) is 2. The number of fused-ring (bicyclic) bond motifs is 1. The van der Waals surface area contributed by atoms with Crippen molar-refractivity contribution in [3.8, 4) is 0 Å². The minimum Gasteiger partial charge on any atom is -0.362 e. The summed E-state index contributed by atoms with van der Waals surface area (Å²) in [7, 11) is 0. The van der Waals surface area contributed by atoms with E-state index < -0.39 is 24.3 Å². The van der Waals surface area contributed by atoms with Gasteiger partial charge in [0.2, 0.25) is 11.8 Å². The number of rotatable bonds is 6. The highest BCUT2D eigenvalue weighted by molar-refractivity contribution is 5.92. The number of aryl methyl sites for hydroxylation is 1. The van der Waals surface area contributed by atoms with Crippen LogP contribution in [0.4, 0.5) is 18.9 Å². The summed E-state index contributed by atoms with van der Waals surface area (Å²) in [5.74, 6) is -0.987. The van der Waals surface area contributed by atoms with Crippen LogP contribution in [0.25, 0.3) is 0 Å². The molecule has 5 nitrogen and oxygen atoms in total. The van der Waals surface area contributed by atoms with Crippen LogP contribution in [-0.4, -0.2) is 25.0 Å². The lowest BCUT2D eigenvalue weighted by molar-refractivity contribution is -0.137. The van der Waals surface area contributed by atoms with Crippen molar-refractivity contribution < 1.29 is 27.5 Å². The summed E-state index contributed by atoms with van der Waals surface area (Å²) in [6, 6.07) is 12.1. The van der Waals surface area contributed by atoms with E-state index in [0.29, 0.717) is 0 Å². The van der Waals surface area contributed by atoms with Crippen molar-refractivity contribution in [1.29, 1.82) is 0 Å². The summed E-state index contributed by atoms with van der Waals surface area (Å²) < 4.78 is 43.2. The number of carbonyl (C=O) groups is 2. The second-order valence-corrected chi connectivity index (χ2v) is 6.83. The lowest BCUT2D eigenvalue weighted by Crippen LogP contribution is -2.34. The fraction of sp³-hybridized carbons (Fsp3) is 0.333. The van der Waals surface area contributed by atoms with Crippen LogP contribution in [0.2, 0.25) is 0 Å². The summed E-state index contributed by atoms with van der Waals surface area (Å²) in [6.45, 7) is -0.750. The van der Waals surface area contributed by atoms with Gasteiger partial charge in [0, 0.05) is 5.69 Å². The molecule has 0 bridgehead atoms. The molecule has 1 aliphatic rings. The van der Waals surface area contributed by atoms with Crippen LogP contribution < -0.4 is 10.6 Å². The van der Waals surface area contributed by atoms with E-state index in [2.05, 4.69) is 10.6 Å². The Bertz CT molecular complexity index is 883. The molecule has 3 rings (SSSR count). The van der Waals surface area contributed by atoms with Crippen LogP contribution in [0, 0.1) is 0 Å². The van der Waals surface area contributed by atoms with Crippen molar-refractivity contribution in [2.45, 2.75) is 31.5 Å². The molecule has 0 saturated heterocycles. The molecule has 0 saturated carbocycles. The van der Waals surface area contributed by atoms with Gasteiger partial charge in [-0.1, -0.05) is 30.3 Å². The maximum atomic E-state index is 12.7. The molecule has 8 heteroatoms. The largest absolute Gasteiger partial charge is 0.416 e. The lowest BCUT2D eigenvalue weighted by atomic mass is 9.88. The van der Waals surface area contributed by atoms with Gasteiger partial charge in [0.05, 0.1) is 11.6 Å². The van der Waals surface area contributed by atoms with E-state index in [1.165, 1.54) is 17.7 Å².